The van der Waals surface area contributed by atoms with E-state index in [2.05, 4.69) is 233 Å². The Labute approximate surface area is 300 Å². The molecule has 0 radical (unpaired) electrons. The molecule has 0 aliphatic heterocycles. The minimum atomic E-state index is 0.244. The fourth-order valence-corrected chi connectivity index (χ4v) is 6.11. The Morgan fingerprint density at radius 1 is 0.420 bits per heavy atom. The van der Waals surface area contributed by atoms with Crippen LogP contribution < -0.4 is 14.7 Å². The van der Waals surface area contributed by atoms with Crippen LogP contribution in [0.25, 0.3) is 5.57 Å². The summed E-state index contributed by atoms with van der Waals surface area (Å²) in [5, 5.41) is 0. The molecule has 0 atom stereocenters. The largest absolute Gasteiger partial charge is 0.378 e. The molecule has 0 N–H and O–H groups in total. The van der Waals surface area contributed by atoms with Crippen molar-refractivity contribution in [2.75, 3.05) is 71.1 Å². The van der Waals surface area contributed by atoms with Crippen molar-refractivity contribution >= 4 is 28.3 Å². The average molecular weight is 660 g/mol. The third-order valence-electron chi connectivity index (χ3n) is 9.03. The summed E-state index contributed by atoms with van der Waals surface area (Å²) in [6, 6.07) is 47.8. The van der Waals surface area contributed by atoms with Gasteiger partial charge in [0.05, 0.1) is 0 Å². The van der Waals surface area contributed by atoms with Crippen LogP contribution in [0.1, 0.15) is 33.7 Å². The molecule has 1 aliphatic carbocycles. The predicted octanol–water partition coefficient (Wildman–Crippen LogP) is 9.39. The maximum absolute atomic E-state index is 2.24. The molecule has 5 aromatic carbocycles. The van der Waals surface area contributed by atoms with E-state index < -0.39 is 0 Å². The van der Waals surface area contributed by atoms with Gasteiger partial charge in [-0.15, -0.1) is 0 Å². The van der Waals surface area contributed by atoms with Crippen molar-refractivity contribution < 1.29 is 4.58 Å². The van der Waals surface area contributed by atoms with Gasteiger partial charge in [-0.05, 0) is 87.5 Å². The van der Waals surface area contributed by atoms with Crippen LogP contribution in [0.5, 0.6) is 0 Å². The summed E-state index contributed by atoms with van der Waals surface area (Å²) >= 11 is 0. The van der Waals surface area contributed by atoms with Gasteiger partial charge < -0.3 is 14.7 Å². The summed E-state index contributed by atoms with van der Waals surface area (Å²) in [6.07, 6.45) is 8.76. The van der Waals surface area contributed by atoms with Crippen LogP contribution in [-0.2, 0) is 0 Å². The second-order valence-electron chi connectivity index (χ2n) is 13.4. The first-order valence-corrected chi connectivity index (χ1v) is 17.2. The molecular weight excluding hydrogens is 609 g/mol. The second-order valence-corrected chi connectivity index (χ2v) is 13.4. The Bertz CT molecular complexity index is 1870. The second kappa shape index (κ2) is 16.7. The zero-order chi connectivity index (χ0) is 35.6. The smallest absolute Gasteiger partial charge is 0.199 e. The SMILES string of the molecule is CN(C)c1ccc(C(=C2C=CC(=[N+](C)C)C=C2)c2ccccc2)cc1.CN(C)c1ccc(C(c2ccccc2)c2ccc(N(C)C)cc2)cc1. The van der Waals surface area contributed by atoms with Crippen LogP contribution in [0.2, 0.25) is 0 Å². The van der Waals surface area contributed by atoms with Gasteiger partial charge in [0, 0.05) is 77.4 Å². The van der Waals surface area contributed by atoms with Crippen LogP contribution in [0.4, 0.5) is 17.1 Å². The number of nitrogens with zero attached hydrogens (tertiary/aromatic N) is 4. The Morgan fingerprint density at radius 3 is 1.18 bits per heavy atom. The molecule has 0 bridgehead atoms. The molecule has 0 saturated carbocycles. The summed E-state index contributed by atoms with van der Waals surface area (Å²) in [4.78, 5) is 6.39. The fourth-order valence-electron chi connectivity index (χ4n) is 6.11. The predicted molar refractivity (Wildman–Crippen MR) is 218 cm³/mol. The van der Waals surface area contributed by atoms with E-state index in [9.17, 15) is 0 Å². The normalized spacial score (nSPS) is 11.9. The average Bonchev–Trinajstić information content (AvgIpc) is 3.14. The molecule has 0 heterocycles. The van der Waals surface area contributed by atoms with Crippen molar-refractivity contribution in [3.8, 4) is 0 Å². The summed E-state index contributed by atoms with van der Waals surface area (Å²) in [7, 11) is 16.6. The molecule has 5 aromatic rings. The van der Waals surface area contributed by atoms with E-state index in [-0.39, 0.29) is 5.92 Å². The molecule has 0 saturated heterocycles. The van der Waals surface area contributed by atoms with Gasteiger partial charge in [-0.3, -0.25) is 0 Å². The standard InChI is InChI=1S/C23H26N2.C23H25N2/c2*1-24(2)21-14-10-19(11-15-21)23(18-8-6-5-7-9-18)20-12-16-22(17-13-20)25(3)4/h5-17,23H,1-4H3;5-17H,1-4H3/q;+1. The molecule has 0 spiro atoms. The molecule has 50 heavy (non-hydrogen) atoms. The lowest BCUT2D eigenvalue weighted by Gasteiger charge is -2.21. The first-order valence-electron chi connectivity index (χ1n) is 17.2. The lowest BCUT2D eigenvalue weighted by molar-refractivity contribution is -0.462. The highest BCUT2D eigenvalue weighted by atomic mass is 15.1. The number of rotatable bonds is 8. The summed E-state index contributed by atoms with van der Waals surface area (Å²) in [5.41, 5.74) is 13.8. The molecule has 0 unspecified atom stereocenters. The number of hydrogen-bond acceptors (Lipinski definition) is 3. The summed E-state index contributed by atoms with van der Waals surface area (Å²) < 4.78 is 2.12. The Morgan fingerprint density at radius 2 is 0.780 bits per heavy atom. The van der Waals surface area contributed by atoms with Crippen LogP contribution in [-0.4, -0.2) is 66.7 Å². The molecule has 0 amide bonds. The number of benzene rings is 5. The van der Waals surface area contributed by atoms with Gasteiger partial charge in [0.15, 0.2) is 5.71 Å². The Hall–Kier alpha value is -5.61. The van der Waals surface area contributed by atoms with Crippen LogP contribution in [0.15, 0.2) is 163 Å². The highest BCUT2D eigenvalue weighted by Gasteiger charge is 2.17. The van der Waals surface area contributed by atoms with E-state index in [0.29, 0.717) is 0 Å². The van der Waals surface area contributed by atoms with Crippen molar-refractivity contribution in [3.63, 3.8) is 0 Å². The van der Waals surface area contributed by atoms with Gasteiger partial charge in [-0.2, -0.15) is 0 Å². The van der Waals surface area contributed by atoms with Crippen LogP contribution >= 0.6 is 0 Å². The molecular formula is C46H51N4+. The third-order valence-corrected chi connectivity index (χ3v) is 9.03. The minimum Gasteiger partial charge on any atom is -0.378 e. The van der Waals surface area contributed by atoms with Gasteiger partial charge in [0.1, 0.15) is 14.1 Å². The summed E-state index contributed by atoms with van der Waals surface area (Å²) in [6.45, 7) is 0. The third kappa shape index (κ3) is 8.89. The van der Waals surface area contributed by atoms with E-state index >= 15 is 0 Å². The number of anilines is 3. The number of hydrogen-bond donors (Lipinski definition) is 0. The van der Waals surface area contributed by atoms with E-state index in [0.717, 1.165) is 0 Å². The van der Waals surface area contributed by atoms with Gasteiger partial charge in [0.2, 0.25) is 0 Å². The maximum atomic E-state index is 2.24. The highest BCUT2D eigenvalue weighted by Crippen LogP contribution is 2.34. The monoisotopic (exact) mass is 659 g/mol. The van der Waals surface area contributed by atoms with Gasteiger partial charge >= 0.3 is 0 Å². The van der Waals surface area contributed by atoms with E-state index in [1.54, 1.807) is 0 Å². The Balaban J connectivity index is 0.000000194. The quantitative estimate of drug-likeness (QED) is 0.122. The molecule has 4 nitrogen and oxygen atoms in total. The van der Waals surface area contributed by atoms with Crippen molar-refractivity contribution in [2.45, 2.75) is 5.92 Å². The van der Waals surface area contributed by atoms with Crippen molar-refractivity contribution in [2.24, 2.45) is 0 Å². The topological polar surface area (TPSA) is 12.7 Å². The summed E-state index contributed by atoms with van der Waals surface area (Å²) in [5.74, 6) is 0.244. The first-order chi connectivity index (χ1) is 24.1. The lowest BCUT2D eigenvalue weighted by atomic mass is 9.85. The van der Waals surface area contributed by atoms with Crippen molar-refractivity contribution in [1.82, 2.24) is 0 Å². The molecule has 0 aromatic heterocycles. The van der Waals surface area contributed by atoms with E-state index in [1.807, 2.05) is 0 Å². The van der Waals surface area contributed by atoms with Crippen molar-refractivity contribution in [3.05, 3.63) is 191 Å². The first kappa shape index (κ1) is 35.7. The number of allylic oxidation sites excluding steroid dienone is 5. The lowest BCUT2D eigenvalue weighted by Crippen LogP contribution is -2.10. The van der Waals surface area contributed by atoms with Gasteiger partial charge in [0.25, 0.3) is 0 Å². The molecule has 1 aliphatic rings. The molecule has 254 valence electrons. The highest BCUT2D eigenvalue weighted by molar-refractivity contribution is 6.04. The van der Waals surface area contributed by atoms with Crippen LogP contribution in [0.3, 0.4) is 0 Å². The van der Waals surface area contributed by atoms with E-state index in [4.69, 9.17) is 0 Å². The fraction of sp³-hybridized carbons (Fsp3) is 0.196. The van der Waals surface area contributed by atoms with Gasteiger partial charge in [-0.25, -0.2) is 4.58 Å². The van der Waals surface area contributed by atoms with Crippen molar-refractivity contribution in [1.29, 1.82) is 0 Å². The zero-order valence-electron chi connectivity index (χ0n) is 30.9. The van der Waals surface area contributed by atoms with Crippen LogP contribution in [0, 0.1) is 0 Å². The van der Waals surface area contributed by atoms with E-state index in [1.165, 1.54) is 61.7 Å². The minimum absolute atomic E-state index is 0.244. The maximum Gasteiger partial charge on any atom is 0.199 e. The van der Waals surface area contributed by atoms with Gasteiger partial charge in [-0.1, -0.05) is 97.1 Å². The Kier molecular flexibility index (Phi) is 11.9. The zero-order valence-corrected chi connectivity index (χ0v) is 30.9. The molecule has 0 fully saturated rings. The molecule has 6 rings (SSSR count). The molecule has 4 heteroatoms.